The van der Waals surface area contributed by atoms with Crippen molar-refractivity contribution in [3.05, 3.63) is 54.0 Å². The summed E-state index contributed by atoms with van der Waals surface area (Å²) in [5.41, 5.74) is 1.73. The van der Waals surface area contributed by atoms with Crippen LogP contribution in [0, 0.1) is 0 Å². The van der Waals surface area contributed by atoms with Crippen LogP contribution in [0.1, 0.15) is 16.1 Å². The van der Waals surface area contributed by atoms with Crippen molar-refractivity contribution in [3.8, 4) is 0 Å². The topological polar surface area (TPSA) is 62.5 Å². The summed E-state index contributed by atoms with van der Waals surface area (Å²) in [6.45, 7) is 0.123. The molecule has 88 valence electrons. The van der Waals surface area contributed by atoms with Crippen molar-refractivity contribution < 1.29 is 14.3 Å². The molecule has 1 aromatic heterocycles. The van der Waals surface area contributed by atoms with Gasteiger partial charge in [0, 0.05) is 12.3 Å². The van der Waals surface area contributed by atoms with Gasteiger partial charge >= 0.3 is 0 Å². The van der Waals surface area contributed by atoms with E-state index in [9.17, 15) is 4.79 Å². The van der Waals surface area contributed by atoms with E-state index in [1.54, 1.807) is 24.3 Å². The third-order valence-electron chi connectivity index (χ3n) is 2.36. The number of aliphatic hydroxyl groups is 1. The minimum absolute atomic E-state index is 0.123. The third kappa shape index (κ3) is 2.95. The van der Waals surface area contributed by atoms with E-state index in [1.807, 2.05) is 12.1 Å². The standard InChI is InChI=1S/C13H13NO3/c15-8-7-10-3-5-11(6-4-10)14-13(16)12-2-1-9-17-12/h1-6,9,15H,7-8H2,(H,14,16). The van der Waals surface area contributed by atoms with E-state index in [0.29, 0.717) is 12.1 Å². The lowest BCUT2D eigenvalue weighted by Gasteiger charge is -2.04. The van der Waals surface area contributed by atoms with Gasteiger partial charge in [-0.3, -0.25) is 4.79 Å². The first kappa shape index (κ1) is 11.4. The molecule has 0 saturated carbocycles. The second-order valence-electron chi connectivity index (χ2n) is 3.60. The van der Waals surface area contributed by atoms with E-state index in [-0.39, 0.29) is 18.3 Å². The van der Waals surface area contributed by atoms with Gasteiger partial charge in [0.15, 0.2) is 5.76 Å². The number of hydrogen-bond acceptors (Lipinski definition) is 3. The maximum atomic E-state index is 11.6. The number of anilines is 1. The highest BCUT2D eigenvalue weighted by Gasteiger charge is 2.07. The Bertz CT molecular complexity index is 474. The fourth-order valence-corrected chi connectivity index (χ4v) is 1.48. The molecule has 0 bridgehead atoms. The molecule has 2 rings (SSSR count). The van der Waals surface area contributed by atoms with E-state index >= 15 is 0 Å². The molecule has 1 aromatic carbocycles. The summed E-state index contributed by atoms with van der Waals surface area (Å²) in [4.78, 5) is 11.6. The summed E-state index contributed by atoms with van der Waals surface area (Å²) < 4.78 is 4.98. The number of amides is 1. The van der Waals surface area contributed by atoms with Crippen molar-refractivity contribution in [2.24, 2.45) is 0 Å². The van der Waals surface area contributed by atoms with Crippen LogP contribution in [0.15, 0.2) is 47.1 Å². The highest BCUT2D eigenvalue weighted by Crippen LogP contribution is 2.11. The Labute approximate surface area is 98.9 Å². The summed E-state index contributed by atoms with van der Waals surface area (Å²) >= 11 is 0. The van der Waals surface area contributed by atoms with Crippen molar-refractivity contribution in [2.45, 2.75) is 6.42 Å². The number of hydrogen-bond donors (Lipinski definition) is 2. The van der Waals surface area contributed by atoms with Crippen LogP contribution in [0.25, 0.3) is 0 Å². The summed E-state index contributed by atoms with van der Waals surface area (Å²) in [5.74, 6) is 0.00865. The summed E-state index contributed by atoms with van der Waals surface area (Å²) in [7, 11) is 0. The van der Waals surface area contributed by atoms with Gasteiger partial charge in [-0.1, -0.05) is 12.1 Å². The number of aliphatic hydroxyl groups excluding tert-OH is 1. The molecule has 0 unspecified atom stereocenters. The predicted molar refractivity (Wildman–Crippen MR) is 63.9 cm³/mol. The first-order chi connectivity index (χ1) is 8.29. The number of furan rings is 1. The fraction of sp³-hybridized carbons (Fsp3) is 0.154. The molecule has 1 amide bonds. The second-order valence-corrected chi connectivity index (χ2v) is 3.60. The molecular weight excluding hydrogens is 218 g/mol. The summed E-state index contributed by atoms with van der Waals surface area (Å²) in [6, 6.07) is 10.6. The number of nitrogens with one attached hydrogen (secondary N) is 1. The van der Waals surface area contributed by atoms with Gasteiger partial charge in [0.1, 0.15) is 0 Å². The second kappa shape index (κ2) is 5.32. The molecule has 2 aromatic rings. The van der Waals surface area contributed by atoms with E-state index in [1.165, 1.54) is 6.26 Å². The zero-order valence-corrected chi connectivity index (χ0v) is 9.22. The van der Waals surface area contributed by atoms with Gasteiger partial charge in [-0.2, -0.15) is 0 Å². The van der Waals surface area contributed by atoms with Gasteiger partial charge < -0.3 is 14.8 Å². The van der Waals surface area contributed by atoms with E-state index < -0.39 is 0 Å². The molecular formula is C13H13NO3. The number of carbonyl (C=O) groups is 1. The summed E-state index contributed by atoms with van der Waals surface area (Å²) in [5, 5.41) is 11.5. The molecule has 0 aliphatic heterocycles. The molecule has 0 atom stereocenters. The van der Waals surface area contributed by atoms with Crippen LogP contribution >= 0.6 is 0 Å². The Balaban J connectivity index is 2.01. The van der Waals surface area contributed by atoms with E-state index in [0.717, 1.165) is 5.56 Å². The van der Waals surface area contributed by atoms with Crippen LogP contribution in [0.5, 0.6) is 0 Å². The van der Waals surface area contributed by atoms with Gasteiger partial charge in [-0.05, 0) is 36.2 Å². The minimum Gasteiger partial charge on any atom is -0.459 e. The van der Waals surface area contributed by atoms with Gasteiger partial charge in [-0.15, -0.1) is 0 Å². The Hall–Kier alpha value is -2.07. The van der Waals surface area contributed by atoms with Gasteiger partial charge in [-0.25, -0.2) is 0 Å². The van der Waals surface area contributed by atoms with Crippen molar-refractivity contribution in [3.63, 3.8) is 0 Å². The van der Waals surface area contributed by atoms with Gasteiger partial charge in [0.2, 0.25) is 0 Å². The predicted octanol–water partition coefficient (Wildman–Crippen LogP) is 2.07. The fourth-order valence-electron chi connectivity index (χ4n) is 1.48. The van der Waals surface area contributed by atoms with Crippen LogP contribution in [-0.4, -0.2) is 17.6 Å². The quantitative estimate of drug-likeness (QED) is 0.846. The maximum absolute atomic E-state index is 11.6. The highest BCUT2D eigenvalue weighted by molar-refractivity contribution is 6.02. The lowest BCUT2D eigenvalue weighted by Crippen LogP contribution is -2.10. The zero-order chi connectivity index (χ0) is 12.1. The SMILES string of the molecule is O=C(Nc1ccc(CCO)cc1)c1ccco1. The molecule has 0 fully saturated rings. The molecule has 0 saturated heterocycles. The smallest absolute Gasteiger partial charge is 0.291 e. The minimum atomic E-state index is -0.273. The van der Waals surface area contributed by atoms with Crippen LogP contribution in [0.3, 0.4) is 0 Å². The third-order valence-corrected chi connectivity index (χ3v) is 2.36. The van der Waals surface area contributed by atoms with E-state index in [2.05, 4.69) is 5.32 Å². The van der Waals surface area contributed by atoms with Gasteiger partial charge in [0.25, 0.3) is 5.91 Å². The number of carbonyl (C=O) groups excluding carboxylic acids is 1. The largest absolute Gasteiger partial charge is 0.459 e. The first-order valence-electron chi connectivity index (χ1n) is 5.34. The van der Waals surface area contributed by atoms with Crippen molar-refractivity contribution in [1.29, 1.82) is 0 Å². The molecule has 0 aliphatic rings. The Morgan fingerprint density at radius 1 is 1.24 bits per heavy atom. The average molecular weight is 231 g/mol. The van der Waals surface area contributed by atoms with Crippen molar-refractivity contribution >= 4 is 11.6 Å². The molecule has 0 spiro atoms. The molecule has 0 aliphatic carbocycles. The van der Waals surface area contributed by atoms with Crippen molar-refractivity contribution in [1.82, 2.24) is 0 Å². The van der Waals surface area contributed by atoms with Crippen LogP contribution in [0.4, 0.5) is 5.69 Å². The van der Waals surface area contributed by atoms with Gasteiger partial charge in [0.05, 0.1) is 6.26 Å². The zero-order valence-electron chi connectivity index (χ0n) is 9.22. The maximum Gasteiger partial charge on any atom is 0.291 e. The Morgan fingerprint density at radius 2 is 2.00 bits per heavy atom. The molecule has 17 heavy (non-hydrogen) atoms. The molecule has 4 nitrogen and oxygen atoms in total. The highest BCUT2D eigenvalue weighted by atomic mass is 16.3. The van der Waals surface area contributed by atoms with E-state index in [4.69, 9.17) is 9.52 Å². The average Bonchev–Trinajstić information content (AvgIpc) is 2.86. The van der Waals surface area contributed by atoms with Crippen molar-refractivity contribution in [2.75, 3.05) is 11.9 Å². The molecule has 2 N–H and O–H groups in total. The number of benzene rings is 1. The Morgan fingerprint density at radius 3 is 2.59 bits per heavy atom. The van der Waals surface area contributed by atoms with Crippen LogP contribution < -0.4 is 5.32 Å². The summed E-state index contributed by atoms with van der Waals surface area (Å²) in [6.07, 6.45) is 2.08. The number of rotatable bonds is 4. The molecule has 0 radical (unpaired) electrons. The van der Waals surface area contributed by atoms with Crippen LogP contribution in [-0.2, 0) is 6.42 Å². The lowest BCUT2D eigenvalue weighted by atomic mass is 10.1. The normalized spacial score (nSPS) is 10.2. The lowest BCUT2D eigenvalue weighted by molar-refractivity contribution is 0.0996. The monoisotopic (exact) mass is 231 g/mol. The molecule has 1 heterocycles. The first-order valence-corrected chi connectivity index (χ1v) is 5.34. The molecule has 4 heteroatoms. The van der Waals surface area contributed by atoms with Crippen LogP contribution in [0.2, 0.25) is 0 Å². The Kier molecular flexibility index (Phi) is 3.57.